The van der Waals surface area contributed by atoms with Gasteiger partial charge in [-0.15, -0.1) is 0 Å². The summed E-state index contributed by atoms with van der Waals surface area (Å²) in [5, 5.41) is 0.349. The molecule has 33 heavy (non-hydrogen) atoms. The Morgan fingerprint density at radius 1 is 0.939 bits per heavy atom. The number of halogens is 1. The largest absolute Gasteiger partial charge is 0.376 e. The van der Waals surface area contributed by atoms with Crippen molar-refractivity contribution in [1.29, 1.82) is 0 Å². The van der Waals surface area contributed by atoms with E-state index in [9.17, 15) is 0 Å². The maximum Gasteiger partial charge on any atom is 0.165 e. The molecule has 2 aromatic carbocycles. The first-order chi connectivity index (χ1) is 16.2. The molecule has 0 spiro atoms. The van der Waals surface area contributed by atoms with Gasteiger partial charge in [0, 0.05) is 5.92 Å². The van der Waals surface area contributed by atoms with Gasteiger partial charge in [-0.3, -0.25) is 0 Å². The van der Waals surface area contributed by atoms with Crippen molar-refractivity contribution in [1.82, 2.24) is 19.5 Å². The molecule has 0 aliphatic heterocycles. The van der Waals surface area contributed by atoms with Gasteiger partial charge < -0.3 is 14.0 Å². The lowest BCUT2D eigenvalue weighted by atomic mass is 10.0. The number of imidazole rings is 1. The standard InChI is InChI=1S/C26H25ClN4O2/c1-18-21(15-32-13-19-8-4-2-5-9-19)23(33-14-20-10-6-3-7-11-20)12-22(18)31-17-30-24-25(27)28-16-29-26(24)31/h2-11,16-17,21-23H,1,12-15H2/t21-,22-,23-/m0/s1. The van der Waals surface area contributed by atoms with Gasteiger partial charge in [0.2, 0.25) is 0 Å². The fraction of sp³-hybridized carbons (Fsp3) is 0.269. The van der Waals surface area contributed by atoms with Crippen molar-refractivity contribution in [2.24, 2.45) is 5.92 Å². The summed E-state index contributed by atoms with van der Waals surface area (Å²) in [5.74, 6) is 0.0529. The predicted molar refractivity (Wildman–Crippen MR) is 128 cm³/mol. The van der Waals surface area contributed by atoms with E-state index >= 15 is 0 Å². The van der Waals surface area contributed by atoms with E-state index in [-0.39, 0.29) is 18.1 Å². The lowest BCUT2D eigenvalue weighted by Crippen LogP contribution is -2.23. The molecule has 2 aromatic heterocycles. The Hall–Kier alpha value is -3.06. The van der Waals surface area contributed by atoms with Crippen LogP contribution in [0.4, 0.5) is 0 Å². The van der Waals surface area contributed by atoms with Crippen LogP contribution in [0.2, 0.25) is 5.15 Å². The van der Waals surface area contributed by atoms with Crippen LogP contribution in [0.3, 0.4) is 0 Å². The summed E-state index contributed by atoms with van der Waals surface area (Å²) >= 11 is 6.22. The highest BCUT2D eigenvalue weighted by Gasteiger charge is 2.40. The lowest BCUT2D eigenvalue weighted by molar-refractivity contribution is -0.0122. The molecule has 0 unspecified atom stereocenters. The Bertz CT molecular complexity index is 1230. The second-order valence-electron chi connectivity index (χ2n) is 8.26. The van der Waals surface area contributed by atoms with E-state index in [4.69, 9.17) is 21.1 Å². The van der Waals surface area contributed by atoms with Gasteiger partial charge in [-0.1, -0.05) is 78.8 Å². The van der Waals surface area contributed by atoms with E-state index in [0.29, 0.717) is 36.1 Å². The van der Waals surface area contributed by atoms with Crippen LogP contribution >= 0.6 is 11.6 Å². The normalized spacial score (nSPS) is 20.5. The summed E-state index contributed by atoms with van der Waals surface area (Å²) < 4.78 is 14.6. The monoisotopic (exact) mass is 460 g/mol. The average Bonchev–Trinajstić information content (AvgIpc) is 3.41. The topological polar surface area (TPSA) is 62.1 Å². The molecule has 0 saturated heterocycles. The zero-order valence-electron chi connectivity index (χ0n) is 18.2. The third kappa shape index (κ3) is 4.69. The molecule has 7 heteroatoms. The maximum atomic E-state index is 6.41. The van der Waals surface area contributed by atoms with Crippen LogP contribution in [0.25, 0.3) is 11.2 Å². The van der Waals surface area contributed by atoms with Gasteiger partial charge >= 0.3 is 0 Å². The van der Waals surface area contributed by atoms with Crippen LogP contribution in [0.1, 0.15) is 23.6 Å². The molecule has 4 aromatic rings. The average molecular weight is 461 g/mol. The lowest BCUT2D eigenvalue weighted by Gasteiger charge is -2.21. The van der Waals surface area contributed by atoms with Gasteiger partial charge in [-0.25, -0.2) is 15.0 Å². The van der Waals surface area contributed by atoms with E-state index in [0.717, 1.165) is 23.1 Å². The molecule has 6 nitrogen and oxygen atoms in total. The van der Waals surface area contributed by atoms with Gasteiger partial charge in [0.25, 0.3) is 0 Å². The highest BCUT2D eigenvalue weighted by Crippen LogP contribution is 2.42. The molecule has 0 amide bonds. The molecule has 2 heterocycles. The Kier molecular flexibility index (Phi) is 6.48. The van der Waals surface area contributed by atoms with Crippen molar-refractivity contribution in [3.05, 3.63) is 102 Å². The molecule has 1 fully saturated rings. The molecule has 5 rings (SSSR count). The molecule has 1 aliphatic rings. The third-order valence-electron chi connectivity index (χ3n) is 6.17. The van der Waals surface area contributed by atoms with Crippen molar-refractivity contribution in [2.75, 3.05) is 6.61 Å². The fourth-order valence-corrected chi connectivity index (χ4v) is 4.60. The van der Waals surface area contributed by atoms with Crippen LogP contribution in [0, 0.1) is 5.92 Å². The Balaban J connectivity index is 1.35. The van der Waals surface area contributed by atoms with E-state index < -0.39 is 0 Å². The minimum Gasteiger partial charge on any atom is -0.376 e. The fourth-order valence-electron chi connectivity index (χ4n) is 4.42. The first kappa shape index (κ1) is 21.8. The molecule has 3 atom stereocenters. The number of aromatic nitrogens is 4. The molecular formula is C26H25ClN4O2. The van der Waals surface area contributed by atoms with E-state index in [1.807, 2.05) is 41.0 Å². The number of ether oxygens (including phenoxy) is 2. The molecule has 168 valence electrons. The van der Waals surface area contributed by atoms with E-state index in [1.165, 1.54) is 6.33 Å². The van der Waals surface area contributed by atoms with Crippen LogP contribution in [-0.4, -0.2) is 32.2 Å². The summed E-state index contributed by atoms with van der Waals surface area (Å²) in [6.07, 6.45) is 3.96. The Morgan fingerprint density at radius 3 is 2.36 bits per heavy atom. The van der Waals surface area contributed by atoms with Crippen molar-refractivity contribution in [3.63, 3.8) is 0 Å². The SMILES string of the molecule is C=C1[C@H](COCc2ccccc2)[C@@H](OCc2ccccc2)C[C@@H]1n1cnc2c(Cl)ncnc21. The van der Waals surface area contributed by atoms with Gasteiger partial charge in [-0.2, -0.15) is 0 Å². The first-order valence-electron chi connectivity index (χ1n) is 11.0. The van der Waals surface area contributed by atoms with Gasteiger partial charge in [0.15, 0.2) is 10.8 Å². The molecule has 0 bridgehead atoms. The minimum absolute atomic E-state index is 0.00735. The number of hydrogen-bond donors (Lipinski definition) is 0. The van der Waals surface area contributed by atoms with Crippen LogP contribution in [-0.2, 0) is 22.7 Å². The van der Waals surface area contributed by atoms with Crippen LogP contribution in [0.5, 0.6) is 0 Å². The highest BCUT2D eigenvalue weighted by molar-refractivity contribution is 6.33. The van der Waals surface area contributed by atoms with Crippen molar-refractivity contribution in [2.45, 2.75) is 31.8 Å². The van der Waals surface area contributed by atoms with Crippen molar-refractivity contribution >= 4 is 22.8 Å². The first-order valence-corrected chi connectivity index (χ1v) is 11.4. The second kappa shape index (κ2) is 9.83. The zero-order chi connectivity index (χ0) is 22.6. The summed E-state index contributed by atoms with van der Waals surface area (Å²) in [5.41, 5.74) is 4.64. The summed E-state index contributed by atoms with van der Waals surface area (Å²) in [7, 11) is 0. The molecular weight excluding hydrogens is 436 g/mol. The van der Waals surface area contributed by atoms with Gasteiger partial charge in [0.05, 0.1) is 38.3 Å². The number of fused-ring (bicyclic) bond motifs is 1. The smallest absolute Gasteiger partial charge is 0.165 e. The minimum atomic E-state index is -0.0340. The summed E-state index contributed by atoms with van der Waals surface area (Å²) in [6.45, 7) is 6.08. The summed E-state index contributed by atoms with van der Waals surface area (Å²) in [6, 6.07) is 20.4. The number of hydrogen-bond acceptors (Lipinski definition) is 5. The number of rotatable bonds is 8. The van der Waals surface area contributed by atoms with Gasteiger partial charge in [0.1, 0.15) is 11.8 Å². The number of benzene rings is 2. The quantitative estimate of drug-likeness (QED) is 0.260. The van der Waals surface area contributed by atoms with Crippen molar-refractivity contribution < 1.29 is 9.47 Å². The van der Waals surface area contributed by atoms with Crippen molar-refractivity contribution in [3.8, 4) is 0 Å². The maximum absolute atomic E-state index is 6.41. The summed E-state index contributed by atoms with van der Waals surface area (Å²) in [4.78, 5) is 12.9. The molecule has 0 radical (unpaired) electrons. The van der Waals surface area contributed by atoms with E-state index in [2.05, 4.69) is 45.8 Å². The Morgan fingerprint density at radius 2 is 1.64 bits per heavy atom. The van der Waals surface area contributed by atoms with Gasteiger partial charge in [-0.05, 0) is 23.1 Å². The molecule has 1 aliphatic carbocycles. The predicted octanol–water partition coefficient (Wildman–Crippen LogP) is 5.40. The number of nitrogens with zero attached hydrogens (tertiary/aromatic N) is 4. The van der Waals surface area contributed by atoms with E-state index in [1.54, 1.807) is 6.33 Å². The third-order valence-corrected chi connectivity index (χ3v) is 6.45. The Labute approximate surface area is 197 Å². The molecule has 1 saturated carbocycles. The highest BCUT2D eigenvalue weighted by atomic mass is 35.5. The second-order valence-corrected chi connectivity index (χ2v) is 8.62. The van der Waals surface area contributed by atoms with Crippen LogP contribution < -0.4 is 0 Å². The zero-order valence-corrected chi connectivity index (χ0v) is 18.9. The molecule has 0 N–H and O–H groups in total. The van der Waals surface area contributed by atoms with Crippen LogP contribution in [0.15, 0.2) is 85.5 Å².